The fourth-order valence-electron chi connectivity index (χ4n) is 2.30. The predicted octanol–water partition coefficient (Wildman–Crippen LogP) is 1.49. The van der Waals surface area contributed by atoms with Gasteiger partial charge in [0, 0.05) is 12.6 Å². The van der Waals surface area contributed by atoms with Gasteiger partial charge in [-0.1, -0.05) is 13.8 Å². The Morgan fingerprint density at radius 3 is 2.50 bits per heavy atom. The zero-order valence-corrected chi connectivity index (χ0v) is 8.67. The van der Waals surface area contributed by atoms with Crippen LogP contribution < -0.4 is 0 Å². The maximum Gasteiger partial charge on any atom is 0.0791 e. The number of aliphatic hydroxyl groups is 1. The van der Waals surface area contributed by atoms with Crippen molar-refractivity contribution >= 4 is 0 Å². The first-order valence-corrected chi connectivity index (χ1v) is 4.85. The third kappa shape index (κ3) is 2.20. The molecule has 0 aliphatic carbocycles. The van der Waals surface area contributed by atoms with Gasteiger partial charge in [0.15, 0.2) is 0 Å². The van der Waals surface area contributed by atoms with E-state index in [1.54, 1.807) is 0 Å². The van der Waals surface area contributed by atoms with Gasteiger partial charge in [0.2, 0.25) is 0 Å². The van der Waals surface area contributed by atoms with E-state index in [2.05, 4.69) is 32.7 Å². The first kappa shape index (κ1) is 10.0. The van der Waals surface area contributed by atoms with Crippen molar-refractivity contribution in [1.82, 2.24) is 4.90 Å². The second-order valence-corrected chi connectivity index (χ2v) is 4.79. The third-order valence-electron chi connectivity index (χ3n) is 2.76. The predicted molar refractivity (Wildman–Crippen MR) is 51.1 cm³/mol. The highest BCUT2D eigenvalue weighted by atomic mass is 16.3. The van der Waals surface area contributed by atoms with Gasteiger partial charge in [-0.25, -0.2) is 0 Å². The van der Waals surface area contributed by atoms with Crippen LogP contribution in [0, 0.1) is 5.92 Å². The summed E-state index contributed by atoms with van der Waals surface area (Å²) in [5, 5.41) is 10.2. The molecule has 1 heterocycles. The molecule has 0 aromatic heterocycles. The maximum absolute atomic E-state index is 10.2. The Morgan fingerprint density at radius 1 is 1.58 bits per heavy atom. The summed E-state index contributed by atoms with van der Waals surface area (Å²) in [6.45, 7) is 7.35. The van der Waals surface area contributed by atoms with Gasteiger partial charge in [-0.2, -0.15) is 0 Å². The molecule has 2 heteroatoms. The van der Waals surface area contributed by atoms with Crippen LogP contribution in [0.4, 0.5) is 0 Å². The molecule has 0 bridgehead atoms. The largest absolute Gasteiger partial charge is 0.388 e. The molecule has 0 radical (unpaired) electrons. The number of rotatable bonds is 2. The van der Waals surface area contributed by atoms with Gasteiger partial charge >= 0.3 is 0 Å². The van der Waals surface area contributed by atoms with E-state index in [1.807, 2.05) is 0 Å². The summed E-state index contributed by atoms with van der Waals surface area (Å²) in [6.07, 6.45) is 1.86. The summed E-state index contributed by atoms with van der Waals surface area (Å²) in [4.78, 5) is 2.24. The fraction of sp³-hybridized carbons (Fsp3) is 1.00. The molecule has 72 valence electrons. The SMILES string of the molecule is CC(C)CC1(O)CC(C)N(C)C1. The number of nitrogens with zero attached hydrogens (tertiary/aromatic N) is 1. The molecular formula is C10H21NO. The zero-order valence-electron chi connectivity index (χ0n) is 8.67. The van der Waals surface area contributed by atoms with Crippen molar-refractivity contribution in [3.8, 4) is 0 Å². The summed E-state index contributed by atoms with van der Waals surface area (Å²) in [5.41, 5.74) is -0.414. The molecule has 1 saturated heterocycles. The van der Waals surface area contributed by atoms with Crippen molar-refractivity contribution < 1.29 is 5.11 Å². The van der Waals surface area contributed by atoms with Gasteiger partial charge in [0.1, 0.15) is 0 Å². The van der Waals surface area contributed by atoms with E-state index in [1.165, 1.54) is 0 Å². The molecule has 1 fully saturated rings. The Labute approximate surface area is 75.6 Å². The van der Waals surface area contributed by atoms with Crippen LogP contribution in [0.3, 0.4) is 0 Å². The first-order chi connectivity index (χ1) is 5.43. The van der Waals surface area contributed by atoms with Gasteiger partial charge in [-0.05, 0) is 32.7 Å². The minimum absolute atomic E-state index is 0.414. The molecular weight excluding hydrogens is 150 g/mol. The van der Waals surface area contributed by atoms with Crippen LogP contribution in [-0.2, 0) is 0 Å². The van der Waals surface area contributed by atoms with Crippen molar-refractivity contribution in [3.63, 3.8) is 0 Å². The van der Waals surface area contributed by atoms with Gasteiger partial charge in [-0.15, -0.1) is 0 Å². The van der Waals surface area contributed by atoms with E-state index >= 15 is 0 Å². The van der Waals surface area contributed by atoms with E-state index in [-0.39, 0.29) is 0 Å². The fourth-order valence-corrected chi connectivity index (χ4v) is 2.30. The van der Waals surface area contributed by atoms with Crippen LogP contribution in [-0.4, -0.2) is 35.2 Å². The quantitative estimate of drug-likeness (QED) is 0.680. The Bertz CT molecular complexity index is 140. The maximum atomic E-state index is 10.2. The second kappa shape index (κ2) is 3.35. The topological polar surface area (TPSA) is 23.5 Å². The summed E-state index contributed by atoms with van der Waals surface area (Å²) in [7, 11) is 2.09. The van der Waals surface area contributed by atoms with Crippen LogP contribution in [0.25, 0.3) is 0 Å². The molecule has 0 aromatic carbocycles. The highest BCUT2D eigenvalue weighted by Gasteiger charge is 2.38. The molecule has 2 atom stereocenters. The van der Waals surface area contributed by atoms with Crippen LogP contribution in [0.2, 0.25) is 0 Å². The lowest BCUT2D eigenvalue weighted by Gasteiger charge is -2.24. The Morgan fingerprint density at radius 2 is 2.17 bits per heavy atom. The van der Waals surface area contributed by atoms with E-state index in [0.717, 1.165) is 19.4 Å². The summed E-state index contributed by atoms with van der Waals surface area (Å²) >= 11 is 0. The van der Waals surface area contributed by atoms with Crippen LogP contribution in [0.15, 0.2) is 0 Å². The van der Waals surface area contributed by atoms with Crippen molar-refractivity contribution in [1.29, 1.82) is 0 Å². The number of likely N-dealkylation sites (tertiary alicyclic amines) is 1. The molecule has 0 spiro atoms. The minimum Gasteiger partial charge on any atom is -0.388 e. The Balaban J connectivity index is 2.51. The van der Waals surface area contributed by atoms with Crippen molar-refractivity contribution in [2.24, 2.45) is 5.92 Å². The lowest BCUT2D eigenvalue weighted by atomic mass is 9.90. The summed E-state index contributed by atoms with van der Waals surface area (Å²) in [6, 6.07) is 0.536. The van der Waals surface area contributed by atoms with Crippen LogP contribution >= 0.6 is 0 Å². The highest BCUT2D eigenvalue weighted by molar-refractivity contribution is 4.93. The van der Waals surface area contributed by atoms with Gasteiger partial charge < -0.3 is 10.0 Å². The van der Waals surface area contributed by atoms with Crippen molar-refractivity contribution in [2.45, 2.75) is 45.3 Å². The van der Waals surface area contributed by atoms with Crippen molar-refractivity contribution in [2.75, 3.05) is 13.6 Å². The molecule has 0 saturated carbocycles. The van der Waals surface area contributed by atoms with E-state index < -0.39 is 5.60 Å². The molecule has 0 amide bonds. The average molecular weight is 171 g/mol. The molecule has 1 rings (SSSR count). The molecule has 0 aromatic rings. The molecule has 2 unspecified atom stereocenters. The number of hydrogen-bond donors (Lipinski definition) is 1. The second-order valence-electron chi connectivity index (χ2n) is 4.79. The first-order valence-electron chi connectivity index (χ1n) is 4.85. The van der Waals surface area contributed by atoms with E-state index in [9.17, 15) is 5.11 Å². The molecule has 1 N–H and O–H groups in total. The highest BCUT2D eigenvalue weighted by Crippen LogP contribution is 2.30. The third-order valence-corrected chi connectivity index (χ3v) is 2.76. The minimum atomic E-state index is -0.414. The smallest absolute Gasteiger partial charge is 0.0791 e. The summed E-state index contributed by atoms with van der Waals surface area (Å²) in [5.74, 6) is 0.591. The van der Waals surface area contributed by atoms with Crippen LogP contribution in [0.1, 0.15) is 33.6 Å². The monoisotopic (exact) mass is 171 g/mol. The average Bonchev–Trinajstić information content (AvgIpc) is 2.04. The van der Waals surface area contributed by atoms with Crippen molar-refractivity contribution in [3.05, 3.63) is 0 Å². The lowest BCUT2D eigenvalue weighted by molar-refractivity contribution is 0.0309. The van der Waals surface area contributed by atoms with Gasteiger partial charge in [-0.3, -0.25) is 0 Å². The van der Waals surface area contributed by atoms with Gasteiger partial charge in [0.05, 0.1) is 5.60 Å². The van der Waals surface area contributed by atoms with Crippen LogP contribution in [0.5, 0.6) is 0 Å². The number of β-amino-alcohol motifs (C(OH)–C–C–N with tert-alkyl or cyclic N) is 1. The van der Waals surface area contributed by atoms with E-state index in [0.29, 0.717) is 12.0 Å². The zero-order chi connectivity index (χ0) is 9.35. The molecule has 12 heavy (non-hydrogen) atoms. The van der Waals surface area contributed by atoms with Gasteiger partial charge in [0.25, 0.3) is 0 Å². The standard InChI is InChI=1S/C10H21NO/c1-8(2)5-10(12)6-9(3)11(4)7-10/h8-9,12H,5-7H2,1-4H3. The normalized spacial score (nSPS) is 38.0. The molecule has 1 aliphatic rings. The lowest BCUT2D eigenvalue weighted by Crippen LogP contribution is -2.33. The Kier molecular flexibility index (Phi) is 2.79. The molecule has 1 aliphatic heterocycles. The summed E-state index contributed by atoms with van der Waals surface area (Å²) < 4.78 is 0. The number of hydrogen-bond acceptors (Lipinski definition) is 2. The molecule has 2 nitrogen and oxygen atoms in total. The number of likely N-dealkylation sites (N-methyl/N-ethyl adjacent to an activating group) is 1. The Hall–Kier alpha value is -0.0800. The van der Waals surface area contributed by atoms with E-state index in [4.69, 9.17) is 0 Å².